The lowest BCUT2D eigenvalue weighted by Gasteiger charge is -2.37. The summed E-state index contributed by atoms with van der Waals surface area (Å²) in [6, 6.07) is 4.28. The van der Waals surface area contributed by atoms with Gasteiger partial charge in [0.25, 0.3) is 0 Å². The van der Waals surface area contributed by atoms with Crippen molar-refractivity contribution in [3.8, 4) is 12.3 Å². The Kier molecular flexibility index (Phi) is 5.10. The standard InChI is InChI=1S/C14H20N4S/c1-3-7-16-14(15-4-2)18-10-8-17(9-11-18)13-6-5-12-19-13/h1,5-6,12H,4,7-11H2,2H3,(H,15,16). The number of guanidine groups is 1. The summed E-state index contributed by atoms with van der Waals surface area (Å²) < 4.78 is 0. The predicted octanol–water partition coefficient (Wildman–Crippen LogP) is 1.47. The summed E-state index contributed by atoms with van der Waals surface area (Å²) in [5.74, 6) is 3.50. The first-order valence-corrected chi connectivity index (χ1v) is 7.48. The fourth-order valence-corrected chi connectivity index (χ4v) is 2.92. The molecule has 1 aromatic rings. The van der Waals surface area contributed by atoms with E-state index in [0.29, 0.717) is 6.54 Å². The maximum Gasteiger partial charge on any atom is 0.195 e. The lowest BCUT2D eigenvalue weighted by atomic mass is 10.3. The zero-order chi connectivity index (χ0) is 13.5. The van der Waals surface area contributed by atoms with E-state index in [0.717, 1.165) is 38.7 Å². The van der Waals surface area contributed by atoms with E-state index < -0.39 is 0 Å². The maximum atomic E-state index is 5.28. The van der Waals surface area contributed by atoms with Crippen LogP contribution in [0.4, 0.5) is 5.00 Å². The van der Waals surface area contributed by atoms with E-state index in [-0.39, 0.29) is 0 Å². The molecule has 0 amide bonds. The summed E-state index contributed by atoms with van der Waals surface area (Å²) in [6.45, 7) is 7.40. The van der Waals surface area contributed by atoms with E-state index >= 15 is 0 Å². The molecule has 19 heavy (non-hydrogen) atoms. The minimum Gasteiger partial charge on any atom is -0.360 e. The Hall–Kier alpha value is -1.67. The van der Waals surface area contributed by atoms with Gasteiger partial charge in [-0.15, -0.1) is 17.8 Å². The molecule has 2 rings (SSSR count). The van der Waals surface area contributed by atoms with Crippen LogP contribution in [0, 0.1) is 12.3 Å². The van der Waals surface area contributed by atoms with Crippen molar-refractivity contribution in [2.24, 2.45) is 4.99 Å². The molecule has 0 atom stereocenters. The van der Waals surface area contributed by atoms with E-state index in [9.17, 15) is 0 Å². The normalized spacial score (nSPS) is 16.3. The lowest BCUT2D eigenvalue weighted by Crippen LogP contribution is -2.52. The fourth-order valence-electron chi connectivity index (χ4n) is 2.13. The van der Waals surface area contributed by atoms with Crippen molar-refractivity contribution in [3.05, 3.63) is 17.5 Å². The molecular formula is C14H20N4S. The van der Waals surface area contributed by atoms with Gasteiger partial charge < -0.3 is 15.1 Å². The van der Waals surface area contributed by atoms with Crippen LogP contribution in [0.2, 0.25) is 0 Å². The molecular weight excluding hydrogens is 256 g/mol. The predicted molar refractivity (Wildman–Crippen MR) is 82.9 cm³/mol. The highest BCUT2D eigenvalue weighted by atomic mass is 32.1. The molecule has 0 radical (unpaired) electrons. The number of thiophene rings is 1. The SMILES string of the molecule is C#CCN=C(NCC)N1CCN(c2cccs2)CC1. The van der Waals surface area contributed by atoms with E-state index in [1.807, 2.05) is 0 Å². The minimum atomic E-state index is 0.438. The van der Waals surface area contributed by atoms with Crippen LogP contribution in [0.3, 0.4) is 0 Å². The van der Waals surface area contributed by atoms with Crippen molar-refractivity contribution >= 4 is 22.3 Å². The molecule has 102 valence electrons. The molecule has 0 spiro atoms. The van der Waals surface area contributed by atoms with Gasteiger partial charge in [0.15, 0.2) is 5.96 Å². The summed E-state index contributed by atoms with van der Waals surface area (Å²) >= 11 is 1.80. The number of anilines is 1. The first-order chi connectivity index (χ1) is 9.35. The van der Waals surface area contributed by atoms with Gasteiger partial charge in [-0.25, -0.2) is 4.99 Å². The van der Waals surface area contributed by atoms with Crippen molar-refractivity contribution in [2.45, 2.75) is 6.92 Å². The van der Waals surface area contributed by atoms with E-state index in [4.69, 9.17) is 6.42 Å². The lowest BCUT2D eigenvalue weighted by molar-refractivity contribution is 0.374. The number of hydrogen-bond donors (Lipinski definition) is 1. The topological polar surface area (TPSA) is 30.9 Å². The van der Waals surface area contributed by atoms with Gasteiger partial charge in [0.05, 0.1) is 5.00 Å². The average Bonchev–Trinajstić information content (AvgIpc) is 2.98. The van der Waals surface area contributed by atoms with Gasteiger partial charge >= 0.3 is 0 Å². The van der Waals surface area contributed by atoms with Gasteiger partial charge in [-0.1, -0.05) is 5.92 Å². The van der Waals surface area contributed by atoms with Crippen LogP contribution >= 0.6 is 11.3 Å². The molecule has 1 fully saturated rings. The molecule has 4 nitrogen and oxygen atoms in total. The van der Waals surface area contributed by atoms with Crippen LogP contribution in [0.15, 0.2) is 22.5 Å². The van der Waals surface area contributed by atoms with Crippen molar-refractivity contribution in [3.63, 3.8) is 0 Å². The van der Waals surface area contributed by atoms with Gasteiger partial charge in [-0.05, 0) is 24.4 Å². The number of nitrogens with zero attached hydrogens (tertiary/aromatic N) is 3. The number of rotatable bonds is 3. The van der Waals surface area contributed by atoms with Gasteiger partial charge in [-0.2, -0.15) is 0 Å². The van der Waals surface area contributed by atoms with Crippen LogP contribution in [0.1, 0.15) is 6.92 Å². The first kappa shape index (κ1) is 13.8. The maximum absolute atomic E-state index is 5.28. The Labute approximate surface area is 119 Å². The van der Waals surface area contributed by atoms with Crippen LogP contribution in [-0.4, -0.2) is 50.1 Å². The second-order valence-electron chi connectivity index (χ2n) is 4.30. The summed E-state index contributed by atoms with van der Waals surface area (Å²) in [5, 5.41) is 6.78. The zero-order valence-corrected chi connectivity index (χ0v) is 12.1. The summed E-state index contributed by atoms with van der Waals surface area (Å²) in [4.78, 5) is 9.13. The number of nitrogens with one attached hydrogen (secondary N) is 1. The molecule has 1 saturated heterocycles. The second kappa shape index (κ2) is 7.05. The molecule has 0 bridgehead atoms. The van der Waals surface area contributed by atoms with Crippen molar-refractivity contribution in [1.82, 2.24) is 10.2 Å². The largest absolute Gasteiger partial charge is 0.360 e. The zero-order valence-electron chi connectivity index (χ0n) is 11.3. The molecule has 2 heterocycles. The van der Waals surface area contributed by atoms with Gasteiger partial charge in [0, 0.05) is 32.7 Å². The number of piperazine rings is 1. The third kappa shape index (κ3) is 3.65. The Morgan fingerprint density at radius 2 is 2.26 bits per heavy atom. The van der Waals surface area contributed by atoms with Crippen LogP contribution < -0.4 is 10.2 Å². The van der Waals surface area contributed by atoms with E-state index in [1.54, 1.807) is 11.3 Å². The molecule has 0 aromatic carbocycles. The van der Waals surface area contributed by atoms with Crippen LogP contribution in [0.5, 0.6) is 0 Å². The molecule has 1 N–H and O–H groups in total. The summed E-state index contributed by atoms with van der Waals surface area (Å²) in [7, 11) is 0. The Morgan fingerprint density at radius 1 is 1.47 bits per heavy atom. The smallest absolute Gasteiger partial charge is 0.195 e. The number of terminal acetylenes is 1. The second-order valence-corrected chi connectivity index (χ2v) is 5.23. The molecule has 0 aliphatic carbocycles. The average molecular weight is 276 g/mol. The summed E-state index contributed by atoms with van der Waals surface area (Å²) in [5.41, 5.74) is 0. The van der Waals surface area contributed by atoms with Crippen LogP contribution in [0.25, 0.3) is 0 Å². The third-order valence-corrected chi connectivity index (χ3v) is 3.98. The molecule has 0 unspecified atom stereocenters. The fraction of sp³-hybridized carbons (Fsp3) is 0.500. The van der Waals surface area contributed by atoms with Gasteiger partial charge in [-0.3, -0.25) is 0 Å². The Balaban J connectivity index is 1.92. The number of aliphatic imine (C=N–C) groups is 1. The van der Waals surface area contributed by atoms with Crippen molar-refractivity contribution in [1.29, 1.82) is 0 Å². The van der Waals surface area contributed by atoms with Crippen molar-refractivity contribution in [2.75, 3.05) is 44.2 Å². The molecule has 1 aliphatic rings. The Bertz CT molecular complexity index is 439. The highest BCUT2D eigenvalue weighted by Crippen LogP contribution is 2.22. The molecule has 1 aromatic heterocycles. The first-order valence-electron chi connectivity index (χ1n) is 6.60. The van der Waals surface area contributed by atoms with Gasteiger partial charge in [0.1, 0.15) is 6.54 Å². The number of hydrogen-bond acceptors (Lipinski definition) is 3. The molecule has 5 heteroatoms. The van der Waals surface area contributed by atoms with E-state index in [1.165, 1.54) is 5.00 Å². The Morgan fingerprint density at radius 3 is 2.84 bits per heavy atom. The highest BCUT2D eigenvalue weighted by Gasteiger charge is 2.19. The van der Waals surface area contributed by atoms with Crippen molar-refractivity contribution < 1.29 is 0 Å². The van der Waals surface area contributed by atoms with Gasteiger partial charge in [0.2, 0.25) is 0 Å². The van der Waals surface area contributed by atoms with E-state index in [2.05, 4.69) is 50.5 Å². The van der Waals surface area contributed by atoms with Crippen LogP contribution in [-0.2, 0) is 0 Å². The monoisotopic (exact) mass is 276 g/mol. The third-order valence-electron chi connectivity index (χ3n) is 3.05. The molecule has 0 saturated carbocycles. The quantitative estimate of drug-likeness (QED) is 0.515. The highest BCUT2D eigenvalue weighted by molar-refractivity contribution is 7.14. The summed E-state index contributed by atoms with van der Waals surface area (Å²) in [6.07, 6.45) is 5.28. The molecule has 1 aliphatic heterocycles. The minimum absolute atomic E-state index is 0.438.